The first-order valence-electron chi connectivity index (χ1n) is 6.47. The Morgan fingerprint density at radius 2 is 2.00 bits per heavy atom. The second-order valence-electron chi connectivity index (χ2n) is 4.41. The number of para-hydroxylation sites is 1. The Bertz CT molecular complexity index is 698. The van der Waals surface area contributed by atoms with Crippen LogP contribution in [0.15, 0.2) is 36.9 Å². The summed E-state index contributed by atoms with van der Waals surface area (Å²) in [6.07, 6.45) is 1.63. The Labute approximate surface area is 126 Å². The van der Waals surface area contributed by atoms with Gasteiger partial charge in [-0.15, -0.1) is 6.58 Å². The summed E-state index contributed by atoms with van der Waals surface area (Å²) in [6, 6.07) is 4.72. The van der Waals surface area contributed by atoms with E-state index in [1.807, 2.05) is 0 Å². The molecular formula is C15H14F2N4O. The normalized spacial score (nSPS) is 10.1. The van der Waals surface area contributed by atoms with Gasteiger partial charge in [0.15, 0.2) is 0 Å². The van der Waals surface area contributed by atoms with Crippen LogP contribution >= 0.6 is 0 Å². The van der Waals surface area contributed by atoms with Crippen LogP contribution in [0.3, 0.4) is 0 Å². The van der Waals surface area contributed by atoms with Gasteiger partial charge in [-0.25, -0.2) is 18.7 Å². The number of hydrogen-bond donors (Lipinski definition) is 2. The highest BCUT2D eigenvalue weighted by molar-refractivity contribution is 6.03. The highest BCUT2D eigenvalue weighted by Crippen LogP contribution is 2.19. The van der Waals surface area contributed by atoms with E-state index in [1.54, 1.807) is 13.0 Å². The fourth-order valence-electron chi connectivity index (χ4n) is 1.75. The number of halogens is 2. The maximum absolute atomic E-state index is 13.5. The molecule has 0 aliphatic carbocycles. The van der Waals surface area contributed by atoms with Crippen LogP contribution in [0, 0.1) is 18.6 Å². The standard InChI is InChI=1S/C15H14F2N4O/c1-3-7-18-13-8-12(19-9(2)20-13)15(22)21-14-10(16)5-4-6-11(14)17/h3-6,8H,1,7H2,2H3,(H,21,22)(H,18,19,20). The van der Waals surface area contributed by atoms with Crippen molar-refractivity contribution in [3.05, 3.63) is 60.1 Å². The van der Waals surface area contributed by atoms with Gasteiger partial charge in [-0.3, -0.25) is 4.79 Å². The van der Waals surface area contributed by atoms with E-state index in [-0.39, 0.29) is 5.69 Å². The predicted molar refractivity (Wildman–Crippen MR) is 79.8 cm³/mol. The van der Waals surface area contributed by atoms with Crippen LogP contribution in [0.25, 0.3) is 0 Å². The molecule has 0 atom stereocenters. The van der Waals surface area contributed by atoms with Crippen molar-refractivity contribution in [2.24, 2.45) is 0 Å². The number of aryl methyl sites for hydroxylation is 1. The molecule has 0 bridgehead atoms. The third-order valence-electron chi connectivity index (χ3n) is 2.70. The SMILES string of the molecule is C=CCNc1cc(C(=O)Nc2c(F)cccc2F)nc(C)n1. The molecule has 2 aromatic rings. The Balaban J connectivity index is 2.26. The first-order chi connectivity index (χ1) is 10.5. The van der Waals surface area contributed by atoms with E-state index in [4.69, 9.17) is 0 Å². The van der Waals surface area contributed by atoms with Gasteiger partial charge in [-0.2, -0.15) is 0 Å². The maximum Gasteiger partial charge on any atom is 0.274 e. The summed E-state index contributed by atoms with van der Waals surface area (Å²) in [5.74, 6) is -1.66. The fourth-order valence-corrected chi connectivity index (χ4v) is 1.75. The zero-order valence-electron chi connectivity index (χ0n) is 11.9. The average molecular weight is 304 g/mol. The maximum atomic E-state index is 13.5. The lowest BCUT2D eigenvalue weighted by Gasteiger charge is -2.09. The van der Waals surface area contributed by atoms with Crippen molar-refractivity contribution in [1.82, 2.24) is 9.97 Å². The smallest absolute Gasteiger partial charge is 0.274 e. The van der Waals surface area contributed by atoms with E-state index in [0.717, 1.165) is 12.1 Å². The van der Waals surface area contributed by atoms with Crippen molar-refractivity contribution in [1.29, 1.82) is 0 Å². The zero-order chi connectivity index (χ0) is 16.1. The van der Waals surface area contributed by atoms with E-state index in [9.17, 15) is 13.6 Å². The van der Waals surface area contributed by atoms with E-state index in [2.05, 4.69) is 27.2 Å². The minimum absolute atomic E-state index is 0.00159. The molecule has 1 heterocycles. The number of nitrogens with one attached hydrogen (secondary N) is 2. The molecule has 0 fully saturated rings. The Morgan fingerprint density at radius 1 is 1.32 bits per heavy atom. The Kier molecular flexibility index (Phi) is 4.77. The molecule has 22 heavy (non-hydrogen) atoms. The molecule has 0 saturated carbocycles. The van der Waals surface area contributed by atoms with Gasteiger partial charge in [0.05, 0.1) is 0 Å². The van der Waals surface area contributed by atoms with Crippen LogP contribution in [0.5, 0.6) is 0 Å². The molecule has 5 nitrogen and oxygen atoms in total. The minimum atomic E-state index is -0.857. The molecule has 1 amide bonds. The first kappa shape index (κ1) is 15.6. The molecule has 0 spiro atoms. The van der Waals surface area contributed by atoms with Gasteiger partial charge in [0.2, 0.25) is 0 Å². The zero-order valence-corrected chi connectivity index (χ0v) is 11.9. The van der Waals surface area contributed by atoms with E-state index in [0.29, 0.717) is 18.2 Å². The summed E-state index contributed by atoms with van der Waals surface area (Å²) in [5, 5.41) is 5.10. The van der Waals surface area contributed by atoms with Crippen molar-refractivity contribution >= 4 is 17.4 Å². The summed E-state index contributed by atoms with van der Waals surface area (Å²) in [6.45, 7) is 5.63. The van der Waals surface area contributed by atoms with Gasteiger partial charge >= 0.3 is 0 Å². The number of hydrogen-bond acceptors (Lipinski definition) is 4. The van der Waals surface area contributed by atoms with Gasteiger partial charge in [0.1, 0.15) is 34.7 Å². The fraction of sp³-hybridized carbons (Fsp3) is 0.133. The van der Waals surface area contributed by atoms with E-state index >= 15 is 0 Å². The number of amides is 1. The molecule has 0 saturated heterocycles. The first-order valence-corrected chi connectivity index (χ1v) is 6.47. The lowest BCUT2D eigenvalue weighted by molar-refractivity contribution is 0.102. The van der Waals surface area contributed by atoms with Crippen LogP contribution in [-0.4, -0.2) is 22.4 Å². The summed E-state index contributed by atoms with van der Waals surface area (Å²) in [5.41, 5.74) is -0.508. The lowest BCUT2D eigenvalue weighted by atomic mass is 10.2. The molecule has 1 aromatic heterocycles. The molecule has 0 aliphatic heterocycles. The Hall–Kier alpha value is -2.83. The largest absolute Gasteiger partial charge is 0.366 e. The van der Waals surface area contributed by atoms with E-state index in [1.165, 1.54) is 12.1 Å². The monoisotopic (exact) mass is 304 g/mol. The van der Waals surface area contributed by atoms with Crippen LogP contribution in [0.4, 0.5) is 20.3 Å². The number of carbonyl (C=O) groups excluding carboxylic acids is 1. The molecule has 7 heteroatoms. The van der Waals surface area contributed by atoms with Crippen molar-refractivity contribution in [2.45, 2.75) is 6.92 Å². The van der Waals surface area contributed by atoms with Crippen molar-refractivity contribution < 1.29 is 13.6 Å². The summed E-state index contributed by atoms with van der Waals surface area (Å²) in [7, 11) is 0. The van der Waals surface area contributed by atoms with Gasteiger partial charge in [-0.1, -0.05) is 12.1 Å². The molecule has 0 aliphatic rings. The van der Waals surface area contributed by atoms with Crippen LogP contribution in [0.2, 0.25) is 0 Å². The lowest BCUT2D eigenvalue weighted by Crippen LogP contribution is -2.17. The third-order valence-corrected chi connectivity index (χ3v) is 2.70. The van der Waals surface area contributed by atoms with Crippen molar-refractivity contribution in [2.75, 3.05) is 17.2 Å². The second kappa shape index (κ2) is 6.75. The Morgan fingerprint density at radius 3 is 2.64 bits per heavy atom. The van der Waals surface area contributed by atoms with Crippen molar-refractivity contribution in [3.63, 3.8) is 0 Å². The minimum Gasteiger partial charge on any atom is -0.366 e. The van der Waals surface area contributed by atoms with Gasteiger partial charge < -0.3 is 10.6 Å². The second-order valence-corrected chi connectivity index (χ2v) is 4.41. The number of carbonyl (C=O) groups is 1. The summed E-state index contributed by atoms with van der Waals surface area (Å²) in [4.78, 5) is 20.2. The molecule has 0 radical (unpaired) electrons. The quantitative estimate of drug-likeness (QED) is 0.834. The van der Waals surface area contributed by atoms with Gasteiger partial charge in [0.25, 0.3) is 5.91 Å². The molecule has 114 valence electrons. The molecule has 2 N–H and O–H groups in total. The summed E-state index contributed by atoms with van der Waals surface area (Å²) >= 11 is 0. The van der Waals surface area contributed by atoms with Gasteiger partial charge in [-0.05, 0) is 19.1 Å². The van der Waals surface area contributed by atoms with Gasteiger partial charge in [0, 0.05) is 12.6 Å². The predicted octanol–water partition coefficient (Wildman–Crippen LogP) is 2.91. The van der Waals surface area contributed by atoms with Crippen molar-refractivity contribution in [3.8, 4) is 0 Å². The molecule has 1 aromatic carbocycles. The highest BCUT2D eigenvalue weighted by atomic mass is 19.1. The highest BCUT2D eigenvalue weighted by Gasteiger charge is 2.15. The number of aromatic nitrogens is 2. The molecular weight excluding hydrogens is 290 g/mol. The average Bonchev–Trinajstić information content (AvgIpc) is 2.48. The third kappa shape index (κ3) is 3.63. The molecule has 0 unspecified atom stereocenters. The van der Waals surface area contributed by atoms with E-state index < -0.39 is 23.2 Å². The van der Waals surface area contributed by atoms with Crippen LogP contribution in [-0.2, 0) is 0 Å². The number of benzene rings is 1. The number of rotatable bonds is 5. The topological polar surface area (TPSA) is 66.9 Å². The summed E-state index contributed by atoms with van der Waals surface area (Å²) < 4.78 is 27.1. The number of anilines is 2. The van der Waals surface area contributed by atoms with Crippen LogP contribution < -0.4 is 10.6 Å². The van der Waals surface area contributed by atoms with Crippen LogP contribution in [0.1, 0.15) is 16.3 Å². The number of nitrogens with zero attached hydrogens (tertiary/aromatic N) is 2. The molecule has 2 rings (SSSR count).